The van der Waals surface area contributed by atoms with Crippen molar-refractivity contribution >= 4 is 0 Å². The first kappa shape index (κ1) is 10.8. The first-order chi connectivity index (χ1) is 7.81. The Kier molecular flexibility index (Phi) is 3.27. The average Bonchev–Trinajstić information content (AvgIpc) is 2.33. The molecule has 1 N–H and O–H groups in total. The third kappa shape index (κ3) is 2.25. The van der Waals surface area contributed by atoms with Crippen LogP contribution in [0.15, 0.2) is 42.7 Å². The quantitative estimate of drug-likeness (QED) is 0.853. The van der Waals surface area contributed by atoms with Crippen molar-refractivity contribution in [2.45, 2.75) is 6.54 Å². The van der Waals surface area contributed by atoms with E-state index in [-0.39, 0.29) is 5.82 Å². The summed E-state index contributed by atoms with van der Waals surface area (Å²) >= 11 is 0. The lowest BCUT2D eigenvalue weighted by atomic mass is 10.1. The van der Waals surface area contributed by atoms with E-state index in [1.807, 2.05) is 18.2 Å². The molecule has 1 aromatic heterocycles. The van der Waals surface area contributed by atoms with Crippen LogP contribution in [0.5, 0.6) is 0 Å². The van der Waals surface area contributed by atoms with E-state index in [1.165, 1.54) is 0 Å². The van der Waals surface area contributed by atoms with Gasteiger partial charge in [0.15, 0.2) is 0 Å². The van der Waals surface area contributed by atoms with Gasteiger partial charge in [-0.1, -0.05) is 18.2 Å². The number of rotatable bonds is 3. The average molecular weight is 216 g/mol. The predicted octanol–water partition coefficient (Wildman–Crippen LogP) is 2.61. The van der Waals surface area contributed by atoms with Gasteiger partial charge in [0.25, 0.3) is 0 Å². The molecule has 1 heterocycles. The third-order valence-electron chi connectivity index (χ3n) is 2.42. The van der Waals surface area contributed by atoms with Crippen LogP contribution in [-0.4, -0.2) is 12.0 Å². The van der Waals surface area contributed by atoms with E-state index < -0.39 is 0 Å². The van der Waals surface area contributed by atoms with Crippen LogP contribution < -0.4 is 5.32 Å². The summed E-state index contributed by atoms with van der Waals surface area (Å²) in [6.45, 7) is 0.541. The molecule has 16 heavy (non-hydrogen) atoms. The van der Waals surface area contributed by atoms with Gasteiger partial charge >= 0.3 is 0 Å². The zero-order valence-corrected chi connectivity index (χ0v) is 9.07. The molecule has 0 aliphatic carbocycles. The van der Waals surface area contributed by atoms with Crippen molar-refractivity contribution in [1.29, 1.82) is 0 Å². The Morgan fingerprint density at radius 2 is 2.12 bits per heavy atom. The highest BCUT2D eigenvalue weighted by Crippen LogP contribution is 2.20. The van der Waals surface area contributed by atoms with Gasteiger partial charge in [0, 0.05) is 30.1 Å². The first-order valence-electron chi connectivity index (χ1n) is 5.14. The number of nitrogens with one attached hydrogen (secondary N) is 1. The standard InChI is InChI=1S/C13H13FN2/c1-15-8-12-5-4-10(7-13(12)14)11-3-2-6-16-9-11/h2-7,9,15H,8H2,1H3. The molecule has 0 unspecified atom stereocenters. The summed E-state index contributed by atoms with van der Waals surface area (Å²) in [5, 5.41) is 2.93. The number of aromatic nitrogens is 1. The molecule has 2 nitrogen and oxygen atoms in total. The molecule has 0 bridgehead atoms. The minimum Gasteiger partial charge on any atom is -0.316 e. The van der Waals surface area contributed by atoms with Crippen molar-refractivity contribution in [3.05, 3.63) is 54.1 Å². The minimum absolute atomic E-state index is 0.185. The van der Waals surface area contributed by atoms with Crippen LogP contribution in [0.25, 0.3) is 11.1 Å². The van der Waals surface area contributed by atoms with Crippen LogP contribution in [0.4, 0.5) is 4.39 Å². The largest absolute Gasteiger partial charge is 0.316 e. The Bertz CT molecular complexity index is 469. The number of halogens is 1. The maximum absolute atomic E-state index is 13.7. The number of hydrogen-bond donors (Lipinski definition) is 1. The SMILES string of the molecule is CNCc1ccc(-c2cccnc2)cc1F. The van der Waals surface area contributed by atoms with Gasteiger partial charge in [-0.2, -0.15) is 0 Å². The van der Waals surface area contributed by atoms with Crippen molar-refractivity contribution in [1.82, 2.24) is 10.3 Å². The summed E-state index contributed by atoms with van der Waals surface area (Å²) in [7, 11) is 1.80. The molecule has 1 aromatic carbocycles. The van der Waals surface area contributed by atoms with E-state index >= 15 is 0 Å². The molecular weight excluding hydrogens is 203 g/mol. The van der Waals surface area contributed by atoms with Crippen LogP contribution >= 0.6 is 0 Å². The lowest BCUT2D eigenvalue weighted by molar-refractivity contribution is 0.601. The molecule has 0 saturated carbocycles. The van der Waals surface area contributed by atoms with Crippen molar-refractivity contribution in [3.8, 4) is 11.1 Å². The molecule has 0 spiro atoms. The Balaban J connectivity index is 2.35. The minimum atomic E-state index is -0.185. The van der Waals surface area contributed by atoms with E-state index in [0.29, 0.717) is 12.1 Å². The lowest BCUT2D eigenvalue weighted by Gasteiger charge is -2.05. The van der Waals surface area contributed by atoms with Gasteiger partial charge in [-0.15, -0.1) is 0 Å². The first-order valence-corrected chi connectivity index (χ1v) is 5.14. The Morgan fingerprint density at radius 3 is 2.75 bits per heavy atom. The fraction of sp³-hybridized carbons (Fsp3) is 0.154. The van der Waals surface area contributed by atoms with Gasteiger partial charge in [0.05, 0.1) is 0 Å². The summed E-state index contributed by atoms with van der Waals surface area (Å²) in [6.07, 6.45) is 3.43. The second-order valence-electron chi connectivity index (χ2n) is 3.58. The number of nitrogens with zero attached hydrogens (tertiary/aromatic N) is 1. The topological polar surface area (TPSA) is 24.9 Å². The van der Waals surface area contributed by atoms with Gasteiger partial charge < -0.3 is 5.32 Å². The summed E-state index contributed by atoms with van der Waals surface area (Å²) in [6, 6.07) is 9.01. The van der Waals surface area contributed by atoms with Crippen LogP contribution in [0.3, 0.4) is 0 Å². The second kappa shape index (κ2) is 4.86. The van der Waals surface area contributed by atoms with E-state index in [2.05, 4.69) is 10.3 Å². The summed E-state index contributed by atoms with van der Waals surface area (Å²) in [4.78, 5) is 4.01. The number of benzene rings is 1. The number of pyridine rings is 1. The molecule has 0 atom stereocenters. The molecule has 2 aromatic rings. The molecule has 0 aliphatic heterocycles. The van der Waals surface area contributed by atoms with Crippen molar-refractivity contribution in [2.75, 3.05) is 7.05 Å². The second-order valence-corrected chi connectivity index (χ2v) is 3.58. The van der Waals surface area contributed by atoms with Crippen molar-refractivity contribution < 1.29 is 4.39 Å². The smallest absolute Gasteiger partial charge is 0.128 e. The molecule has 2 rings (SSSR count). The normalized spacial score (nSPS) is 10.4. The maximum Gasteiger partial charge on any atom is 0.128 e. The highest BCUT2D eigenvalue weighted by Gasteiger charge is 2.04. The van der Waals surface area contributed by atoms with Gasteiger partial charge in [-0.05, 0) is 24.7 Å². The fourth-order valence-corrected chi connectivity index (χ4v) is 1.59. The summed E-state index contributed by atoms with van der Waals surface area (Å²) < 4.78 is 13.7. The molecular formula is C13H13FN2. The fourth-order valence-electron chi connectivity index (χ4n) is 1.59. The monoisotopic (exact) mass is 216 g/mol. The van der Waals surface area contributed by atoms with Crippen molar-refractivity contribution in [2.24, 2.45) is 0 Å². The molecule has 82 valence electrons. The molecule has 0 aliphatic rings. The number of hydrogen-bond acceptors (Lipinski definition) is 2. The van der Waals surface area contributed by atoms with E-state index in [9.17, 15) is 4.39 Å². The molecule has 0 saturated heterocycles. The van der Waals surface area contributed by atoms with Crippen LogP contribution in [-0.2, 0) is 6.54 Å². The molecule has 0 amide bonds. The van der Waals surface area contributed by atoms with Crippen LogP contribution in [0.1, 0.15) is 5.56 Å². The molecule has 3 heteroatoms. The van der Waals surface area contributed by atoms with Gasteiger partial charge in [-0.3, -0.25) is 4.98 Å². The van der Waals surface area contributed by atoms with Gasteiger partial charge in [-0.25, -0.2) is 4.39 Å². The van der Waals surface area contributed by atoms with Gasteiger partial charge in [0.1, 0.15) is 5.82 Å². The summed E-state index contributed by atoms with van der Waals surface area (Å²) in [5.41, 5.74) is 2.46. The zero-order valence-electron chi connectivity index (χ0n) is 9.07. The third-order valence-corrected chi connectivity index (χ3v) is 2.42. The molecule has 0 fully saturated rings. The highest BCUT2D eigenvalue weighted by molar-refractivity contribution is 5.62. The Labute approximate surface area is 94.2 Å². The van der Waals surface area contributed by atoms with E-state index in [1.54, 1.807) is 31.6 Å². The van der Waals surface area contributed by atoms with E-state index in [0.717, 1.165) is 11.1 Å². The van der Waals surface area contributed by atoms with E-state index in [4.69, 9.17) is 0 Å². The summed E-state index contributed by atoms with van der Waals surface area (Å²) in [5.74, 6) is -0.185. The Morgan fingerprint density at radius 1 is 1.25 bits per heavy atom. The zero-order chi connectivity index (χ0) is 11.4. The van der Waals surface area contributed by atoms with Crippen molar-refractivity contribution in [3.63, 3.8) is 0 Å². The molecule has 0 radical (unpaired) electrons. The van der Waals surface area contributed by atoms with Crippen LogP contribution in [0.2, 0.25) is 0 Å². The lowest BCUT2D eigenvalue weighted by Crippen LogP contribution is -2.06. The van der Waals surface area contributed by atoms with Crippen LogP contribution in [0, 0.1) is 5.82 Å². The van der Waals surface area contributed by atoms with Gasteiger partial charge in [0.2, 0.25) is 0 Å². The predicted molar refractivity (Wildman–Crippen MR) is 62.4 cm³/mol. The maximum atomic E-state index is 13.7. The highest BCUT2D eigenvalue weighted by atomic mass is 19.1. The Hall–Kier alpha value is -1.74.